The zero-order valence-corrected chi connectivity index (χ0v) is 9.66. The van der Waals surface area contributed by atoms with Gasteiger partial charge < -0.3 is 15.8 Å². The maximum absolute atomic E-state index is 5.73. The Bertz CT molecular complexity index is 282. The minimum Gasteiger partial charge on any atom is -0.497 e. The van der Waals surface area contributed by atoms with Crippen molar-refractivity contribution >= 4 is 0 Å². The summed E-state index contributed by atoms with van der Waals surface area (Å²) in [5, 5.41) is 3.42. The fraction of sp³-hybridized carbons (Fsp3) is 0.500. The van der Waals surface area contributed by atoms with E-state index in [2.05, 4.69) is 19.2 Å². The molecule has 1 aromatic rings. The smallest absolute Gasteiger partial charge is 0.118 e. The second kappa shape index (κ2) is 5.73. The van der Waals surface area contributed by atoms with Gasteiger partial charge >= 0.3 is 0 Å². The summed E-state index contributed by atoms with van der Waals surface area (Å²) in [7, 11) is 1.67. The predicted octanol–water partition coefficient (Wildman–Crippen LogP) is 1.69. The molecule has 1 unspecified atom stereocenters. The summed E-state index contributed by atoms with van der Waals surface area (Å²) in [6.07, 6.45) is 0. The van der Waals surface area contributed by atoms with Crippen molar-refractivity contribution < 1.29 is 4.74 Å². The normalized spacial score (nSPS) is 12.9. The van der Waals surface area contributed by atoms with Crippen LogP contribution in [0.1, 0.15) is 25.5 Å². The van der Waals surface area contributed by atoms with E-state index in [9.17, 15) is 0 Å². The minimum absolute atomic E-state index is 0.218. The molecule has 84 valence electrons. The Hall–Kier alpha value is -1.06. The monoisotopic (exact) mass is 208 g/mol. The van der Waals surface area contributed by atoms with Gasteiger partial charge in [0.05, 0.1) is 7.11 Å². The highest BCUT2D eigenvalue weighted by atomic mass is 16.5. The number of hydrogen-bond acceptors (Lipinski definition) is 3. The van der Waals surface area contributed by atoms with Gasteiger partial charge in [-0.3, -0.25) is 0 Å². The SMILES string of the molecule is COc1ccc(C(CN)NC(C)C)cc1. The molecule has 1 atom stereocenters. The molecule has 0 radical (unpaired) electrons. The Morgan fingerprint density at radius 3 is 2.27 bits per heavy atom. The van der Waals surface area contributed by atoms with Crippen molar-refractivity contribution in [1.82, 2.24) is 5.32 Å². The van der Waals surface area contributed by atoms with Crippen LogP contribution in [0, 0.1) is 0 Å². The summed E-state index contributed by atoms with van der Waals surface area (Å²) in [6, 6.07) is 8.66. The molecule has 0 spiro atoms. The first-order chi connectivity index (χ1) is 7.17. The van der Waals surface area contributed by atoms with Crippen LogP contribution in [0.25, 0.3) is 0 Å². The number of benzene rings is 1. The zero-order valence-electron chi connectivity index (χ0n) is 9.66. The first-order valence-corrected chi connectivity index (χ1v) is 5.27. The van der Waals surface area contributed by atoms with Crippen molar-refractivity contribution in [3.8, 4) is 5.75 Å². The van der Waals surface area contributed by atoms with E-state index in [1.807, 2.05) is 24.3 Å². The van der Waals surface area contributed by atoms with E-state index in [4.69, 9.17) is 10.5 Å². The second-order valence-electron chi connectivity index (χ2n) is 3.88. The highest BCUT2D eigenvalue weighted by Crippen LogP contribution is 2.17. The lowest BCUT2D eigenvalue weighted by Gasteiger charge is -2.20. The summed E-state index contributed by atoms with van der Waals surface area (Å²) in [5.41, 5.74) is 6.93. The Balaban J connectivity index is 2.74. The second-order valence-corrected chi connectivity index (χ2v) is 3.88. The van der Waals surface area contributed by atoms with Crippen molar-refractivity contribution in [2.24, 2.45) is 5.73 Å². The molecule has 1 rings (SSSR count). The van der Waals surface area contributed by atoms with Crippen molar-refractivity contribution in [2.75, 3.05) is 13.7 Å². The van der Waals surface area contributed by atoms with Crippen LogP contribution in [0.3, 0.4) is 0 Å². The molecular formula is C12H20N2O. The molecule has 0 heterocycles. The number of hydrogen-bond donors (Lipinski definition) is 2. The van der Waals surface area contributed by atoms with Crippen LogP contribution in [0.4, 0.5) is 0 Å². The Morgan fingerprint density at radius 2 is 1.87 bits per heavy atom. The molecule has 3 nitrogen and oxygen atoms in total. The lowest BCUT2D eigenvalue weighted by molar-refractivity contribution is 0.414. The molecule has 0 amide bonds. The molecule has 0 aliphatic carbocycles. The van der Waals surface area contributed by atoms with Crippen LogP contribution in [-0.4, -0.2) is 19.7 Å². The van der Waals surface area contributed by atoms with Crippen LogP contribution in [0.2, 0.25) is 0 Å². The van der Waals surface area contributed by atoms with Gasteiger partial charge in [-0.25, -0.2) is 0 Å². The molecule has 1 aromatic carbocycles. The topological polar surface area (TPSA) is 47.3 Å². The molecule has 0 aliphatic rings. The van der Waals surface area contributed by atoms with Gasteiger partial charge in [0.1, 0.15) is 5.75 Å². The summed E-state index contributed by atoms with van der Waals surface area (Å²) in [5.74, 6) is 0.874. The molecule has 15 heavy (non-hydrogen) atoms. The van der Waals surface area contributed by atoms with Gasteiger partial charge in [-0.1, -0.05) is 26.0 Å². The number of nitrogens with two attached hydrogens (primary N) is 1. The molecular weight excluding hydrogens is 188 g/mol. The molecule has 0 aromatic heterocycles. The maximum atomic E-state index is 5.73. The van der Waals surface area contributed by atoms with E-state index in [0.29, 0.717) is 12.6 Å². The summed E-state index contributed by atoms with van der Waals surface area (Å²) < 4.78 is 5.11. The van der Waals surface area contributed by atoms with Gasteiger partial charge in [0.15, 0.2) is 0 Å². The molecule has 0 fully saturated rings. The van der Waals surface area contributed by atoms with E-state index in [0.717, 1.165) is 5.75 Å². The third-order valence-electron chi connectivity index (χ3n) is 2.29. The van der Waals surface area contributed by atoms with E-state index in [1.54, 1.807) is 7.11 Å². The number of ether oxygens (including phenoxy) is 1. The van der Waals surface area contributed by atoms with Gasteiger partial charge in [-0.15, -0.1) is 0 Å². The Morgan fingerprint density at radius 1 is 1.27 bits per heavy atom. The van der Waals surface area contributed by atoms with Gasteiger partial charge in [-0.05, 0) is 17.7 Å². The summed E-state index contributed by atoms with van der Waals surface area (Å²) in [6.45, 7) is 4.84. The minimum atomic E-state index is 0.218. The van der Waals surface area contributed by atoms with Crippen LogP contribution < -0.4 is 15.8 Å². The molecule has 3 heteroatoms. The van der Waals surface area contributed by atoms with E-state index < -0.39 is 0 Å². The average molecular weight is 208 g/mol. The molecule has 0 bridgehead atoms. The van der Waals surface area contributed by atoms with E-state index in [1.165, 1.54) is 5.56 Å². The number of rotatable bonds is 5. The Labute approximate surface area is 91.6 Å². The number of methoxy groups -OCH3 is 1. The molecule has 0 saturated carbocycles. The van der Waals surface area contributed by atoms with Crippen LogP contribution in [-0.2, 0) is 0 Å². The maximum Gasteiger partial charge on any atom is 0.118 e. The fourth-order valence-corrected chi connectivity index (χ4v) is 1.54. The first-order valence-electron chi connectivity index (χ1n) is 5.27. The fourth-order valence-electron chi connectivity index (χ4n) is 1.54. The molecule has 3 N–H and O–H groups in total. The third-order valence-corrected chi connectivity index (χ3v) is 2.29. The predicted molar refractivity (Wildman–Crippen MR) is 63.1 cm³/mol. The van der Waals surface area contributed by atoms with Gasteiger partial charge in [0.2, 0.25) is 0 Å². The van der Waals surface area contributed by atoms with Crippen molar-refractivity contribution in [3.63, 3.8) is 0 Å². The van der Waals surface area contributed by atoms with Crippen LogP contribution in [0.5, 0.6) is 5.75 Å². The Kier molecular flexibility index (Phi) is 4.59. The van der Waals surface area contributed by atoms with Crippen molar-refractivity contribution in [1.29, 1.82) is 0 Å². The van der Waals surface area contributed by atoms with Crippen LogP contribution >= 0.6 is 0 Å². The molecule has 0 aliphatic heterocycles. The number of nitrogens with one attached hydrogen (secondary N) is 1. The van der Waals surface area contributed by atoms with E-state index in [-0.39, 0.29) is 6.04 Å². The zero-order chi connectivity index (χ0) is 11.3. The molecule has 0 saturated heterocycles. The first kappa shape index (κ1) is 12.0. The highest BCUT2D eigenvalue weighted by Gasteiger charge is 2.09. The van der Waals surface area contributed by atoms with Gasteiger partial charge in [0, 0.05) is 18.6 Å². The quantitative estimate of drug-likeness (QED) is 0.774. The van der Waals surface area contributed by atoms with E-state index >= 15 is 0 Å². The summed E-state index contributed by atoms with van der Waals surface area (Å²) >= 11 is 0. The van der Waals surface area contributed by atoms with Gasteiger partial charge in [-0.2, -0.15) is 0 Å². The standard InChI is InChI=1S/C12H20N2O/c1-9(2)14-12(8-13)10-4-6-11(15-3)7-5-10/h4-7,9,12,14H,8,13H2,1-3H3. The van der Waals surface area contributed by atoms with Crippen molar-refractivity contribution in [2.45, 2.75) is 25.9 Å². The van der Waals surface area contributed by atoms with Gasteiger partial charge in [0.25, 0.3) is 0 Å². The lowest BCUT2D eigenvalue weighted by atomic mass is 10.1. The average Bonchev–Trinajstić information content (AvgIpc) is 2.26. The summed E-state index contributed by atoms with van der Waals surface area (Å²) in [4.78, 5) is 0. The highest BCUT2D eigenvalue weighted by molar-refractivity contribution is 5.29. The lowest BCUT2D eigenvalue weighted by Crippen LogP contribution is -2.33. The van der Waals surface area contributed by atoms with Crippen LogP contribution in [0.15, 0.2) is 24.3 Å². The third kappa shape index (κ3) is 3.53. The van der Waals surface area contributed by atoms with Crippen molar-refractivity contribution in [3.05, 3.63) is 29.8 Å². The largest absolute Gasteiger partial charge is 0.497 e.